The van der Waals surface area contributed by atoms with Crippen LogP contribution in [0, 0.1) is 5.41 Å². The molecule has 0 saturated carbocycles. The fourth-order valence-electron chi connectivity index (χ4n) is 1.72. The molecule has 9 heteroatoms. The zero-order valence-electron chi connectivity index (χ0n) is 18.0. The van der Waals surface area contributed by atoms with Gasteiger partial charge in [0, 0.05) is 11.5 Å². The second-order valence-electron chi connectivity index (χ2n) is 9.26. The summed E-state index contributed by atoms with van der Waals surface area (Å²) < 4.78 is 10.6. The summed E-state index contributed by atoms with van der Waals surface area (Å²) in [6, 6.07) is 1.30. The molecule has 0 aliphatic heterocycles. The van der Waals surface area contributed by atoms with Gasteiger partial charge < -0.3 is 14.8 Å². The van der Waals surface area contributed by atoms with Crippen molar-refractivity contribution in [3.8, 4) is 0 Å². The number of carbonyl (C=O) groups excluding carboxylic acids is 3. The molecule has 0 radical (unpaired) electrons. The number of carbonyl (C=O) groups is 3. The van der Waals surface area contributed by atoms with Crippen LogP contribution in [0.2, 0.25) is 0 Å². The molecule has 0 aromatic carbocycles. The predicted molar refractivity (Wildman–Crippen MR) is 105 cm³/mol. The number of imide groups is 1. The smallest absolute Gasteiger partial charge is 0.425 e. The van der Waals surface area contributed by atoms with Crippen molar-refractivity contribution in [3.05, 3.63) is 12.4 Å². The van der Waals surface area contributed by atoms with E-state index in [0.717, 1.165) is 6.33 Å². The Morgan fingerprint density at radius 2 is 1.32 bits per heavy atom. The fraction of sp³-hybridized carbons (Fsp3) is 0.632. The maximum absolute atomic E-state index is 12.6. The van der Waals surface area contributed by atoms with Crippen molar-refractivity contribution < 1.29 is 23.9 Å². The average molecular weight is 394 g/mol. The van der Waals surface area contributed by atoms with Gasteiger partial charge in [-0.05, 0) is 41.5 Å². The molecule has 156 valence electrons. The van der Waals surface area contributed by atoms with Gasteiger partial charge in [0.2, 0.25) is 5.91 Å². The topological polar surface area (TPSA) is 111 Å². The van der Waals surface area contributed by atoms with Crippen LogP contribution in [0.4, 0.5) is 21.2 Å². The minimum Gasteiger partial charge on any atom is -0.443 e. The molecule has 0 aliphatic carbocycles. The summed E-state index contributed by atoms with van der Waals surface area (Å²) in [6.07, 6.45) is -0.767. The van der Waals surface area contributed by atoms with E-state index < -0.39 is 28.8 Å². The van der Waals surface area contributed by atoms with Gasteiger partial charge in [0.15, 0.2) is 5.82 Å². The van der Waals surface area contributed by atoms with E-state index in [0.29, 0.717) is 4.90 Å². The number of hydrogen-bond acceptors (Lipinski definition) is 7. The van der Waals surface area contributed by atoms with Crippen molar-refractivity contribution in [2.45, 2.75) is 73.5 Å². The third-order valence-electron chi connectivity index (χ3n) is 2.96. The van der Waals surface area contributed by atoms with Crippen LogP contribution in [0.15, 0.2) is 12.4 Å². The molecule has 1 aromatic heterocycles. The minimum atomic E-state index is -0.950. The highest BCUT2D eigenvalue weighted by atomic mass is 16.6. The first-order chi connectivity index (χ1) is 12.5. The summed E-state index contributed by atoms with van der Waals surface area (Å²) in [7, 11) is 0. The van der Waals surface area contributed by atoms with Crippen LogP contribution in [0.1, 0.15) is 62.3 Å². The summed E-state index contributed by atoms with van der Waals surface area (Å²) in [5.74, 6) is -0.219. The van der Waals surface area contributed by atoms with Crippen molar-refractivity contribution in [1.82, 2.24) is 9.97 Å². The van der Waals surface area contributed by atoms with Crippen molar-refractivity contribution in [1.29, 1.82) is 0 Å². The van der Waals surface area contributed by atoms with E-state index in [2.05, 4.69) is 15.3 Å². The van der Waals surface area contributed by atoms with Gasteiger partial charge in [-0.3, -0.25) is 4.79 Å². The summed E-state index contributed by atoms with van der Waals surface area (Å²) in [5, 5.41) is 2.63. The number of rotatable bonds is 2. The molecular formula is C19H30N4O5. The quantitative estimate of drug-likeness (QED) is 0.802. The molecule has 0 unspecified atom stereocenters. The zero-order chi connectivity index (χ0) is 21.9. The van der Waals surface area contributed by atoms with Crippen molar-refractivity contribution in [3.63, 3.8) is 0 Å². The van der Waals surface area contributed by atoms with Gasteiger partial charge in [-0.1, -0.05) is 20.8 Å². The molecule has 3 amide bonds. The van der Waals surface area contributed by atoms with E-state index in [-0.39, 0.29) is 17.5 Å². The van der Waals surface area contributed by atoms with Crippen LogP contribution >= 0.6 is 0 Å². The Labute approximate surface area is 165 Å². The number of ether oxygens (including phenoxy) is 2. The van der Waals surface area contributed by atoms with Crippen LogP contribution in [0.5, 0.6) is 0 Å². The van der Waals surface area contributed by atoms with E-state index in [1.807, 2.05) is 0 Å². The molecular weight excluding hydrogens is 364 g/mol. The Hall–Kier alpha value is -2.71. The Morgan fingerprint density at radius 1 is 0.857 bits per heavy atom. The highest BCUT2D eigenvalue weighted by Crippen LogP contribution is 2.22. The molecule has 28 heavy (non-hydrogen) atoms. The first-order valence-corrected chi connectivity index (χ1v) is 8.89. The summed E-state index contributed by atoms with van der Waals surface area (Å²) in [4.78, 5) is 46.1. The van der Waals surface area contributed by atoms with Gasteiger partial charge >= 0.3 is 12.2 Å². The molecule has 0 saturated heterocycles. The normalized spacial score (nSPS) is 12.2. The average Bonchev–Trinajstić information content (AvgIpc) is 2.42. The molecule has 0 aliphatic rings. The molecule has 1 heterocycles. The van der Waals surface area contributed by atoms with Crippen LogP contribution in [0.25, 0.3) is 0 Å². The Kier molecular flexibility index (Phi) is 6.76. The monoisotopic (exact) mass is 394 g/mol. The summed E-state index contributed by atoms with van der Waals surface area (Å²) >= 11 is 0. The zero-order valence-corrected chi connectivity index (χ0v) is 18.0. The second kappa shape index (κ2) is 8.12. The predicted octanol–water partition coefficient (Wildman–Crippen LogP) is 4.14. The van der Waals surface area contributed by atoms with Gasteiger partial charge in [0.1, 0.15) is 23.3 Å². The Bertz CT molecular complexity index is 714. The molecule has 0 spiro atoms. The molecule has 0 fully saturated rings. The number of hydrogen-bond donors (Lipinski definition) is 1. The fourth-order valence-corrected chi connectivity index (χ4v) is 1.72. The lowest BCUT2D eigenvalue weighted by Crippen LogP contribution is -2.44. The SMILES string of the molecule is CC(C)(C)OC(=O)N(C(=O)OC(C)(C)C)c1cc(NC(=O)C(C)(C)C)ncn1. The van der Waals surface area contributed by atoms with Crippen molar-refractivity contribution >= 4 is 29.7 Å². The highest BCUT2D eigenvalue weighted by Gasteiger charge is 2.34. The third-order valence-corrected chi connectivity index (χ3v) is 2.96. The third kappa shape index (κ3) is 7.50. The number of nitrogens with one attached hydrogen (secondary N) is 1. The number of nitrogens with zero attached hydrogens (tertiary/aromatic N) is 3. The van der Waals surface area contributed by atoms with Gasteiger partial charge in [-0.25, -0.2) is 19.6 Å². The van der Waals surface area contributed by atoms with Gasteiger partial charge in [0.05, 0.1) is 0 Å². The Morgan fingerprint density at radius 3 is 1.71 bits per heavy atom. The maximum Gasteiger partial charge on any atom is 0.425 e. The van der Waals surface area contributed by atoms with E-state index in [9.17, 15) is 14.4 Å². The second-order valence-corrected chi connectivity index (χ2v) is 9.26. The Balaban J connectivity index is 3.26. The number of aromatic nitrogens is 2. The largest absolute Gasteiger partial charge is 0.443 e. The minimum absolute atomic E-state index is 0.0808. The van der Waals surface area contributed by atoms with E-state index in [4.69, 9.17) is 9.47 Å². The van der Waals surface area contributed by atoms with Crippen LogP contribution < -0.4 is 10.2 Å². The lowest BCUT2D eigenvalue weighted by molar-refractivity contribution is -0.123. The van der Waals surface area contributed by atoms with Gasteiger partial charge in [-0.15, -0.1) is 0 Å². The van der Waals surface area contributed by atoms with E-state index in [1.54, 1.807) is 62.3 Å². The summed E-state index contributed by atoms with van der Waals surface area (Å²) in [6.45, 7) is 15.3. The maximum atomic E-state index is 12.6. The molecule has 1 rings (SSSR count). The lowest BCUT2D eigenvalue weighted by Gasteiger charge is -2.28. The van der Waals surface area contributed by atoms with Crippen LogP contribution in [-0.4, -0.2) is 39.3 Å². The van der Waals surface area contributed by atoms with Crippen molar-refractivity contribution in [2.24, 2.45) is 5.41 Å². The standard InChI is InChI=1S/C19H30N4O5/c1-17(2,3)14(24)22-12-10-13(21-11-20-12)23(15(25)27-18(4,5)6)16(26)28-19(7,8)9/h10-11H,1-9H3,(H,20,21,22,24). The van der Waals surface area contributed by atoms with Crippen LogP contribution in [-0.2, 0) is 14.3 Å². The summed E-state index contributed by atoms with van der Waals surface area (Å²) in [5.41, 5.74) is -2.33. The van der Waals surface area contributed by atoms with E-state index in [1.165, 1.54) is 6.07 Å². The lowest BCUT2D eigenvalue weighted by atomic mass is 9.96. The molecule has 9 nitrogen and oxygen atoms in total. The first-order valence-electron chi connectivity index (χ1n) is 8.89. The first kappa shape index (κ1) is 23.3. The van der Waals surface area contributed by atoms with E-state index >= 15 is 0 Å². The van der Waals surface area contributed by atoms with Gasteiger partial charge in [0.25, 0.3) is 0 Å². The van der Waals surface area contributed by atoms with Crippen LogP contribution in [0.3, 0.4) is 0 Å². The molecule has 0 bridgehead atoms. The molecule has 0 atom stereocenters. The number of anilines is 2. The number of amides is 3. The van der Waals surface area contributed by atoms with Crippen molar-refractivity contribution in [2.75, 3.05) is 10.2 Å². The molecule has 1 aromatic rings. The van der Waals surface area contributed by atoms with Gasteiger partial charge in [-0.2, -0.15) is 4.90 Å². The molecule has 1 N–H and O–H groups in total. The highest BCUT2D eigenvalue weighted by molar-refractivity contribution is 6.09.